The van der Waals surface area contributed by atoms with Crippen molar-refractivity contribution in [3.63, 3.8) is 0 Å². The fourth-order valence-electron chi connectivity index (χ4n) is 1.42. The van der Waals surface area contributed by atoms with Crippen LogP contribution in [0.25, 0.3) is 0 Å². The number of thioether (sulfide) groups is 1. The molecule has 0 saturated heterocycles. The van der Waals surface area contributed by atoms with E-state index in [0.717, 1.165) is 0 Å². The summed E-state index contributed by atoms with van der Waals surface area (Å²) >= 11 is 1.17. The van der Waals surface area contributed by atoms with Crippen molar-refractivity contribution in [2.24, 2.45) is 5.16 Å². The molecule has 0 aromatic rings. The predicted octanol–water partition coefficient (Wildman–Crippen LogP) is 0.276. The summed E-state index contributed by atoms with van der Waals surface area (Å²) in [6.45, 7) is 3.71. The number of oxime groups is 1. The highest BCUT2D eigenvalue weighted by Crippen LogP contribution is 2.27. The van der Waals surface area contributed by atoms with Crippen molar-refractivity contribution in [2.75, 3.05) is 5.75 Å². The van der Waals surface area contributed by atoms with Crippen LogP contribution in [0.4, 0.5) is 0 Å². The van der Waals surface area contributed by atoms with E-state index in [1.54, 1.807) is 0 Å². The minimum absolute atomic E-state index is 0.0545. The minimum Gasteiger partial charge on any atom is -0.481 e. The molecule has 0 aliphatic carbocycles. The highest BCUT2D eigenvalue weighted by Gasteiger charge is 2.30. The fourth-order valence-corrected chi connectivity index (χ4v) is 2.54. The van der Waals surface area contributed by atoms with Crippen molar-refractivity contribution < 1.29 is 29.4 Å². The number of nitrogens with one attached hydrogen (secondary N) is 1. The Labute approximate surface area is 119 Å². The van der Waals surface area contributed by atoms with Crippen molar-refractivity contribution in [3.8, 4) is 0 Å². The third-order valence-electron chi connectivity index (χ3n) is 2.33. The number of hydrogen-bond donors (Lipinski definition) is 3. The van der Waals surface area contributed by atoms with Gasteiger partial charge in [0.25, 0.3) is 0 Å². The van der Waals surface area contributed by atoms with Crippen LogP contribution in [0.2, 0.25) is 0 Å². The number of aliphatic carboxylic acids is 2. The standard InChI is InChI=1S/C11H16N2O6S/c1-11(2)4-8(13-19-11)20-5-6(10(17)18)12-7(14)3-9(15)16/h6H,3-5H2,1-2H3,(H,12,14)(H,15,16)(H,17,18). The highest BCUT2D eigenvalue weighted by atomic mass is 32.2. The third-order valence-corrected chi connectivity index (χ3v) is 3.39. The molecule has 8 nitrogen and oxygen atoms in total. The average Bonchev–Trinajstić information content (AvgIpc) is 2.62. The summed E-state index contributed by atoms with van der Waals surface area (Å²) in [5, 5.41) is 24.1. The van der Waals surface area contributed by atoms with Gasteiger partial charge in [0, 0.05) is 12.2 Å². The first-order chi connectivity index (χ1) is 9.19. The molecule has 3 N–H and O–H groups in total. The normalized spacial score (nSPS) is 17.8. The second-order valence-electron chi connectivity index (χ2n) is 4.85. The number of carbonyl (C=O) groups is 3. The number of nitrogens with zero attached hydrogens (tertiary/aromatic N) is 1. The van der Waals surface area contributed by atoms with Crippen LogP contribution < -0.4 is 5.32 Å². The second-order valence-corrected chi connectivity index (χ2v) is 5.95. The van der Waals surface area contributed by atoms with E-state index in [2.05, 4.69) is 10.5 Å². The van der Waals surface area contributed by atoms with Gasteiger partial charge in [-0.1, -0.05) is 5.16 Å². The summed E-state index contributed by atoms with van der Waals surface area (Å²) in [5.41, 5.74) is -0.409. The number of carboxylic acid groups (broad SMARTS) is 2. The van der Waals surface area contributed by atoms with Gasteiger partial charge < -0.3 is 20.4 Å². The van der Waals surface area contributed by atoms with Crippen LogP contribution in [-0.2, 0) is 19.2 Å². The van der Waals surface area contributed by atoms with E-state index in [9.17, 15) is 14.4 Å². The first-order valence-corrected chi connectivity index (χ1v) is 6.80. The predicted molar refractivity (Wildman–Crippen MR) is 71.5 cm³/mol. The van der Waals surface area contributed by atoms with E-state index >= 15 is 0 Å². The topological polar surface area (TPSA) is 125 Å². The van der Waals surface area contributed by atoms with Crippen molar-refractivity contribution in [1.29, 1.82) is 0 Å². The van der Waals surface area contributed by atoms with E-state index in [4.69, 9.17) is 15.1 Å². The van der Waals surface area contributed by atoms with Crippen molar-refractivity contribution in [3.05, 3.63) is 0 Å². The lowest BCUT2D eigenvalue weighted by Gasteiger charge is -2.14. The molecule has 20 heavy (non-hydrogen) atoms. The van der Waals surface area contributed by atoms with Gasteiger partial charge >= 0.3 is 11.9 Å². The maximum atomic E-state index is 11.2. The molecule has 1 unspecified atom stereocenters. The molecule has 112 valence electrons. The summed E-state index contributed by atoms with van der Waals surface area (Å²) in [4.78, 5) is 37.7. The monoisotopic (exact) mass is 304 g/mol. The first-order valence-electron chi connectivity index (χ1n) is 5.81. The Hall–Kier alpha value is -1.77. The first kappa shape index (κ1) is 16.3. The number of amides is 1. The van der Waals surface area contributed by atoms with Gasteiger partial charge in [-0.15, -0.1) is 11.8 Å². The molecule has 0 saturated carbocycles. The summed E-state index contributed by atoms with van der Waals surface area (Å²) in [5.74, 6) is -3.32. The summed E-state index contributed by atoms with van der Waals surface area (Å²) in [6.07, 6.45) is -0.196. The van der Waals surface area contributed by atoms with Crippen LogP contribution in [0, 0.1) is 0 Å². The Kier molecular flexibility index (Phi) is 5.37. The summed E-state index contributed by atoms with van der Waals surface area (Å²) in [6, 6.07) is -1.17. The van der Waals surface area contributed by atoms with Gasteiger partial charge in [0.15, 0.2) is 0 Å². The van der Waals surface area contributed by atoms with E-state index in [1.165, 1.54) is 11.8 Å². The zero-order valence-corrected chi connectivity index (χ0v) is 11.9. The van der Waals surface area contributed by atoms with Gasteiger partial charge in [-0.05, 0) is 13.8 Å². The number of rotatable bonds is 6. The fraction of sp³-hybridized carbons (Fsp3) is 0.636. The molecule has 0 bridgehead atoms. The van der Waals surface area contributed by atoms with Crippen molar-refractivity contribution >= 4 is 34.7 Å². The molecular weight excluding hydrogens is 288 g/mol. The highest BCUT2D eigenvalue weighted by molar-refractivity contribution is 8.14. The van der Waals surface area contributed by atoms with E-state index < -0.39 is 35.9 Å². The minimum atomic E-state index is -1.31. The number of hydrogen-bond acceptors (Lipinski definition) is 6. The summed E-state index contributed by atoms with van der Waals surface area (Å²) < 4.78 is 0. The molecule has 1 aliphatic heterocycles. The van der Waals surface area contributed by atoms with Crippen LogP contribution in [0.1, 0.15) is 26.7 Å². The van der Waals surface area contributed by atoms with Crippen LogP contribution in [0.5, 0.6) is 0 Å². The van der Waals surface area contributed by atoms with Gasteiger partial charge in [0.05, 0.1) is 0 Å². The molecule has 0 radical (unpaired) electrons. The maximum Gasteiger partial charge on any atom is 0.327 e. The molecule has 1 amide bonds. The lowest BCUT2D eigenvalue weighted by atomic mass is 10.1. The van der Waals surface area contributed by atoms with Gasteiger partial charge in [-0.25, -0.2) is 4.79 Å². The number of carbonyl (C=O) groups excluding carboxylic acids is 1. The molecular formula is C11H16N2O6S. The van der Waals surface area contributed by atoms with Gasteiger partial charge in [-0.3, -0.25) is 9.59 Å². The molecule has 0 aromatic carbocycles. The van der Waals surface area contributed by atoms with Crippen LogP contribution in [0.15, 0.2) is 5.16 Å². The van der Waals surface area contributed by atoms with Crippen LogP contribution >= 0.6 is 11.8 Å². The molecule has 0 fully saturated rings. The molecule has 1 aliphatic rings. The largest absolute Gasteiger partial charge is 0.481 e. The smallest absolute Gasteiger partial charge is 0.327 e. The lowest BCUT2D eigenvalue weighted by molar-refractivity contribution is -0.144. The Bertz CT molecular complexity index is 448. The van der Waals surface area contributed by atoms with E-state index in [0.29, 0.717) is 11.5 Å². The van der Waals surface area contributed by atoms with E-state index in [-0.39, 0.29) is 5.75 Å². The quantitative estimate of drug-likeness (QED) is 0.601. The van der Waals surface area contributed by atoms with Crippen LogP contribution in [0.3, 0.4) is 0 Å². The SMILES string of the molecule is CC1(C)CC(SCC(NC(=O)CC(=O)O)C(=O)O)=NO1. The molecule has 9 heteroatoms. The maximum absolute atomic E-state index is 11.2. The van der Waals surface area contributed by atoms with Gasteiger partial charge in [0.2, 0.25) is 5.91 Å². The molecule has 0 aromatic heterocycles. The third kappa shape index (κ3) is 5.47. The lowest BCUT2D eigenvalue weighted by Crippen LogP contribution is -2.43. The molecule has 1 rings (SSSR count). The molecule has 0 spiro atoms. The Morgan fingerprint density at radius 2 is 2.10 bits per heavy atom. The Morgan fingerprint density at radius 1 is 1.45 bits per heavy atom. The van der Waals surface area contributed by atoms with Gasteiger partial charge in [0.1, 0.15) is 23.1 Å². The Balaban J connectivity index is 2.46. The zero-order valence-electron chi connectivity index (χ0n) is 11.1. The second kappa shape index (κ2) is 6.60. The average molecular weight is 304 g/mol. The van der Waals surface area contributed by atoms with Crippen LogP contribution in [-0.4, -0.2) is 50.5 Å². The molecule has 1 heterocycles. The van der Waals surface area contributed by atoms with E-state index in [1.807, 2.05) is 13.8 Å². The zero-order chi connectivity index (χ0) is 15.3. The van der Waals surface area contributed by atoms with Gasteiger partial charge in [-0.2, -0.15) is 0 Å². The summed E-state index contributed by atoms with van der Waals surface area (Å²) in [7, 11) is 0. The molecule has 1 atom stereocenters. The van der Waals surface area contributed by atoms with Crippen molar-refractivity contribution in [2.45, 2.75) is 38.3 Å². The van der Waals surface area contributed by atoms with Crippen molar-refractivity contribution in [1.82, 2.24) is 5.32 Å². The number of carboxylic acids is 2. The Morgan fingerprint density at radius 3 is 2.55 bits per heavy atom.